The fraction of sp³-hybridized carbons (Fsp3) is 0.806. The van der Waals surface area contributed by atoms with Gasteiger partial charge in [0.25, 0.3) is 0 Å². The van der Waals surface area contributed by atoms with Gasteiger partial charge in [0.1, 0.15) is 12.2 Å². The van der Waals surface area contributed by atoms with Crippen LogP contribution >= 0.6 is 0 Å². The Kier molecular flexibility index (Phi) is 13.9. The highest BCUT2D eigenvalue weighted by atomic mass is 16.7. The summed E-state index contributed by atoms with van der Waals surface area (Å²) in [7, 11) is 3.79. The molecule has 0 spiro atoms. The second-order valence-electron chi connectivity index (χ2n) is 12.2. The molecule has 2 aliphatic rings. The molecule has 0 aromatic rings. The zero-order chi connectivity index (χ0) is 30.1. The molecule has 0 radical (unpaired) electrons. The highest BCUT2D eigenvalue weighted by Crippen LogP contribution is 2.34. The van der Waals surface area contributed by atoms with Crippen molar-refractivity contribution in [3.63, 3.8) is 0 Å². The van der Waals surface area contributed by atoms with Crippen molar-refractivity contribution >= 4 is 11.8 Å². The lowest BCUT2D eigenvalue weighted by molar-refractivity contribution is -0.283. The molecular weight excluding hydrogens is 514 g/mol. The summed E-state index contributed by atoms with van der Waals surface area (Å²) in [6.45, 7) is 11.2. The Bertz CT molecular complexity index is 873. The van der Waals surface area contributed by atoms with Crippen molar-refractivity contribution in [3.05, 3.63) is 23.8 Å². The number of carbonyl (C=O) groups excluding carboxylic acids is 2. The van der Waals surface area contributed by atoms with E-state index in [1.807, 2.05) is 59.7 Å². The summed E-state index contributed by atoms with van der Waals surface area (Å²) in [5.74, 6) is -1.92. The SMILES string of the molecule is CCC1OC(=O)CC(O)C(C)C(OC2OC(C)CC(N(C)C)C2O)C(CCO)CC(C)C(=O)/C=C\C(C)=C/C1C. The van der Waals surface area contributed by atoms with E-state index in [2.05, 4.69) is 0 Å². The third kappa shape index (κ3) is 9.74. The third-order valence-corrected chi connectivity index (χ3v) is 8.48. The number of allylic oxidation sites excluding steroid dienone is 3. The summed E-state index contributed by atoms with van der Waals surface area (Å²) in [4.78, 5) is 28.0. The molecule has 1 saturated heterocycles. The van der Waals surface area contributed by atoms with Gasteiger partial charge in [-0.2, -0.15) is 0 Å². The maximum Gasteiger partial charge on any atom is 0.308 e. The zero-order valence-electron chi connectivity index (χ0n) is 25.7. The number of esters is 1. The summed E-state index contributed by atoms with van der Waals surface area (Å²) in [5, 5.41) is 32.4. The topological polar surface area (TPSA) is 126 Å². The summed E-state index contributed by atoms with van der Waals surface area (Å²) in [5.41, 5.74) is 0.893. The van der Waals surface area contributed by atoms with E-state index in [4.69, 9.17) is 14.2 Å². The Labute approximate surface area is 240 Å². The fourth-order valence-corrected chi connectivity index (χ4v) is 5.94. The van der Waals surface area contributed by atoms with Crippen LogP contribution in [0.1, 0.15) is 73.6 Å². The molecule has 11 unspecified atom stereocenters. The average molecular weight is 568 g/mol. The largest absolute Gasteiger partial charge is 0.462 e. The van der Waals surface area contributed by atoms with Crippen molar-refractivity contribution in [3.8, 4) is 0 Å². The van der Waals surface area contributed by atoms with Gasteiger partial charge in [0.2, 0.25) is 0 Å². The summed E-state index contributed by atoms with van der Waals surface area (Å²) in [6, 6.07) is -0.193. The lowest BCUT2D eigenvalue weighted by Crippen LogP contribution is -2.56. The number of likely N-dealkylation sites (N-methyl/N-ethyl adjacent to an activating group) is 1. The predicted octanol–water partition coefficient (Wildman–Crippen LogP) is 3.25. The van der Waals surface area contributed by atoms with Crippen LogP contribution in [0, 0.1) is 23.7 Å². The van der Waals surface area contributed by atoms with Gasteiger partial charge in [-0.1, -0.05) is 45.4 Å². The maximum absolute atomic E-state index is 13.1. The monoisotopic (exact) mass is 567 g/mol. The lowest BCUT2D eigenvalue weighted by Gasteiger charge is -2.44. The molecule has 0 bridgehead atoms. The van der Waals surface area contributed by atoms with Gasteiger partial charge in [-0.3, -0.25) is 9.59 Å². The minimum absolute atomic E-state index is 0.0453. The molecule has 230 valence electrons. The first kappa shape index (κ1) is 34.6. The van der Waals surface area contributed by atoms with E-state index in [9.17, 15) is 24.9 Å². The van der Waals surface area contributed by atoms with E-state index in [0.29, 0.717) is 25.7 Å². The van der Waals surface area contributed by atoms with Gasteiger partial charge in [0.15, 0.2) is 12.1 Å². The first-order valence-electron chi connectivity index (χ1n) is 14.8. The second kappa shape index (κ2) is 16.1. The molecule has 0 saturated carbocycles. The summed E-state index contributed by atoms with van der Waals surface area (Å²) >= 11 is 0. The maximum atomic E-state index is 13.1. The highest BCUT2D eigenvalue weighted by molar-refractivity contribution is 5.91. The molecule has 2 aliphatic heterocycles. The summed E-state index contributed by atoms with van der Waals surface area (Å²) in [6.07, 6.45) is 2.78. The number of ketones is 1. The molecule has 0 aromatic heterocycles. The van der Waals surface area contributed by atoms with Crippen molar-refractivity contribution in [2.24, 2.45) is 23.7 Å². The van der Waals surface area contributed by atoms with Gasteiger partial charge in [-0.25, -0.2) is 0 Å². The summed E-state index contributed by atoms with van der Waals surface area (Å²) < 4.78 is 18.3. The van der Waals surface area contributed by atoms with Crippen LogP contribution < -0.4 is 0 Å². The van der Waals surface area contributed by atoms with Crippen molar-refractivity contribution in [1.29, 1.82) is 0 Å². The molecule has 3 N–H and O–H groups in total. The molecule has 0 amide bonds. The first-order valence-corrected chi connectivity index (χ1v) is 14.8. The number of aliphatic hydroxyl groups excluding tert-OH is 3. The lowest BCUT2D eigenvalue weighted by atomic mass is 9.79. The molecular formula is C31H53NO8. The smallest absolute Gasteiger partial charge is 0.308 e. The van der Waals surface area contributed by atoms with E-state index in [0.717, 1.165) is 5.57 Å². The molecule has 2 rings (SSSR count). The number of hydrogen-bond acceptors (Lipinski definition) is 9. The Hall–Kier alpha value is -1.62. The van der Waals surface area contributed by atoms with E-state index >= 15 is 0 Å². The van der Waals surface area contributed by atoms with E-state index < -0.39 is 36.5 Å². The van der Waals surface area contributed by atoms with Crippen LogP contribution in [-0.2, 0) is 23.8 Å². The normalized spacial score (nSPS) is 41.3. The Morgan fingerprint density at radius 1 is 1.07 bits per heavy atom. The minimum atomic E-state index is -1.11. The number of rotatable bonds is 6. The Morgan fingerprint density at radius 3 is 2.35 bits per heavy atom. The van der Waals surface area contributed by atoms with E-state index in [1.165, 1.54) is 0 Å². The van der Waals surface area contributed by atoms with Gasteiger partial charge < -0.3 is 34.4 Å². The van der Waals surface area contributed by atoms with Crippen LogP contribution in [0.2, 0.25) is 0 Å². The van der Waals surface area contributed by atoms with Gasteiger partial charge in [-0.05, 0) is 65.6 Å². The molecule has 11 atom stereocenters. The Balaban J connectivity index is 2.47. The molecule has 9 heteroatoms. The van der Waals surface area contributed by atoms with Crippen LogP contribution in [0.4, 0.5) is 0 Å². The number of ether oxygens (including phenoxy) is 3. The van der Waals surface area contributed by atoms with Crippen molar-refractivity contribution in [2.45, 2.75) is 116 Å². The van der Waals surface area contributed by atoms with Crippen LogP contribution in [0.25, 0.3) is 0 Å². The van der Waals surface area contributed by atoms with Crippen molar-refractivity contribution < 1.29 is 39.1 Å². The van der Waals surface area contributed by atoms with E-state index in [-0.39, 0.29) is 54.8 Å². The number of hydrogen-bond donors (Lipinski definition) is 3. The molecule has 9 nitrogen and oxygen atoms in total. The first-order chi connectivity index (χ1) is 18.8. The minimum Gasteiger partial charge on any atom is -0.462 e. The average Bonchev–Trinajstić information content (AvgIpc) is 2.88. The number of nitrogens with zero attached hydrogens (tertiary/aromatic N) is 1. The number of cyclic esters (lactones) is 1. The molecule has 1 fully saturated rings. The number of carbonyl (C=O) groups is 2. The predicted molar refractivity (Wildman–Crippen MR) is 153 cm³/mol. The van der Waals surface area contributed by atoms with Crippen LogP contribution in [0.15, 0.2) is 23.8 Å². The van der Waals surface area contributed by atoms with Gasteiger partial charge >= 0.3 is 5.97 Å². The quantitative estimate of drug-likeness (QED) is 0.415. The van der Waals surface area contributed by atoms with Gasteiger partial charge in [-0.15, -0.1) is 0 Å². The van der Waals surface area contributed by atoms with Gasteiger partial charge in [0.05, 0.1) is 24.7 Å². The number of aliphatic hydroxyl groups is 3. The zero-order valence-corrected chi connectivity index (χ0v) is 25.7. The highest BCUT2D eigenvalue weighted by Gasteiger charge is 2.43. The van der Waals surface area contributed by atoms with E-state index in [1.54, 1.807) is 19.1 Å². The standard InChI is InChI=1S/C31H53NO8/c1-9-27-20(4)14-18(2)10-11-25(34)19(3)15-23(12-13-33)30(22(6)26(35)17-28(36)39-27)40-31-29(37)24(32(7)8)16-21(5)38-31/h10-11,14,19-24,26-27,29-31,33,35,37H,9,12-13,15-17H2,1-8H3/b11-10-,18-14-. The van der Waals surface area contributed by atoms with Crippen LogP contribution in [0.3, 0.4) is 0 Å². The van der Waals surface area contributed by atoms with Crippen molar-refractivity contribution in [1.82, 2.24) is 4.90 Å². The second-order valence-corrected chi connectivity index (χ2v) is 12.2. The Morgan fingerprint density at radius 2 is 1.75 bits per heavy atom. The van der Waals surface area contributed by atoms with Crippen LogP contribution in [-0.4, -0.2) is 95.5 Å². The van der Waals surface area contributed by atoms with Crippen LogP contribution in [0.5, 0.6) is 0 Å². The molecule has 2 heterocycles. The van der Waals surface area contributed by atoms with Crippen molar-refractivity contribution in [2.75, 3.05) is 20.7 Å². The van der Waals surface area contributed by atoms with Gasteiger partial charge in [0, 0.05) is 30.4 Å². The molecule has 0 aliphatic carbocycles. The third-order valence-electron chi connectivity index (χ3n) is 8.48. The molecule has 0 aromatic carbocycles. The molecule has 40 heavy (non-hydrogen) atoms. The fourth-order valence-electron chi connectivity index (χ4n) is 5.94.